The van der Waals surface area contributed by atoms with Gasteiger partial charge in [-0.05, 0) is 31.5 Å². The second kappa shape index (κ2) is 6.73. The second-order valence-electron chi connectivity index (χ2n) is 5.24. The first-order valence-electron chi connectivity index (χ1n) is 7.01. The molecule has 0 saturated heterocycles. The van der Waals surface area contributed by atoms with Gasteiger partial charge in [-0.1, -0.05) is 42.5 Å². The number of nitriles is 1. The zero-order valence-electron chi connectivity index (χ0n) is 12.6. The summed E-state index contributed by atoms with van der Waals surface area (Å²) in [5.74, 6) is 0. The van der Waals surface area contributed by atoms with Crippen LogP contribution in [-0.2, 0) is 16.6 Å². The molecular weight excluding hydrogens is 296 g/mol. The van der Waals surface area contributed by atoms with E-state index in [1.54, 1.807) is 12.1 Å². The molecule has 4 nitrogen and oxygen atoms in total. The molecule has 22 heavy (non-hydrogen) atoms. The van der Waals surface area contributed by atoms with Gasteiger partial charge in [0, 0.05) is 12.6 Å². The Balaban J connectivity index is 2.45. The van der Waals surface area contributed by atoms with E-state index in [1.807, 2.05) is 50.2 Å². The van der Waals surface area contributed by atoms with Gasteiger partial charge >= 0.3 is 0 Å². The van der Waals surface area contributed by atoms with Crippen molar-refractivity contribution < 1.29 is 8.42 Å². The van der Waals surface area contributed by atoms with Crippen LogP contribution in [0.1, 0.15) is 25.0 Å². The van der Waals surface area contributed by atoms with Crippen LogP contribution < -0.4 is 0 Å². The maximum atomic E-state index is 12.9. The zero-order chi connectivity index (χ0) is 16.2. The molecule has 0 aliphatic heterocycles. The summed E-state index contributed by atoms with van der Waals surface area (Å²) in [6.45, 7) is 3.94. The summed E-state index contributed by atoms with van der Waals surface area (Å²) in [6.07, 6.45) is 0. The van der Waals surface area contributed by atoms with Gasteiger partial charge < -0.3 is 0 Å². The summed E-state index contributed by atoms with van der Waals surface area (Å²) in [4.78, 5) is 0.0575. The summed E-state index contributed by atoms with van der Waals surface area (Å²) < 4.78 is 27.3. The van der Waals surface area contributed by atoms with Crippen molar-refractivity contribution in [3.63, 3.8) is 0 Å². The van der Waals surface area contributed by atoms with Crippen LogP contribution in [0.4, 0.5) is 0 Å². The van der Waals surface area contributed by atoms with Crippen molar-refractivity contribution in [2.24, 2.45) is 0 Å². The molecule has 0 unspecified atom stereocenters. The van der Waals surface area contributed by atoms with Crippen molar-refractivity contribution in [2.75, 3.05) is 0 Å². The third kappa shape index (κ3) is 3.35. The van der Waals surface area contributed by atoms with E-state index in [0.29, 0.717) is 0 Å². The fourth-order valence-electron chi connectivity index (χ4n) is 2.22. The Bertz CT molecular complexity index is 778. The van der Waals surface area contributed by atoms with Crippen molar-refractivity contribution in [1.29, 1.82) is 5.26 Å². The van der Waals surface area contributed by atoms with Crippen molar-refractivity contribution in [2.45, 2.75) is 31.3 Å². The third-order valence-electron chi connectivity index (χ3n) is 3.35. The molecule has 0 amide bonds. The van der Waals surface area contributed by atoms with E-state index in [4.69, 9.17) is 5.26 Å². The zero-order valence-corrected chi connectivity index (χ0v) is 13.4. The molecule has 2 aromatic carbocycles. The first-order chi connectivity index (χ1) is 10.5. The minimum Gasteiger partial charge on any atom is -0.207 e. The highest BCUT2D eigenvalue weighted by Crippen LogP contribution is 2.23. The van der Waals surface area contributed by atoms with Gasteiger partial charge in [-0.25, -0.2) is 8.42 Å². The van der Waals surface area contributed by atoms with E-state index in [9.17, 15) is 8.42 Å². The van der Waals surface area contributed by atoms with Crippen molar-refractivity contribution >= 4 is 10.0 Å². The molecule has 0 saturated carbocycles. The Hall–Kier alpha value is -2.16. The second-order valence-corrected chi connectivity index (χ2v) is 7.10. The summed E-state index contributed by atoms with van der Waals surface area (Å²) in [6, 6.07) is 17.5. The van der Waals surface area contributed by atoms with Gasteiger partial charge in [0.1, 0.15) is 6.07 Å². The highest BCUT2D eigenvalue weighted by Gasteiger charge is 2.29. The fourth-order valence-corrected chi connectivity index (χ4v) is 3.99. The lowest BCUT2D eigenvalue weighted by molar-refractivity contribution is 0.348. The van der Waals surface area contributed by atoms with E-state index in [2.05, 4.69) is 0 Å². The van der Waals surface area contributed by atoms with E-state index in [-0.39, 0.29) is 23.0 Å². The fraction of sp³-hybridized carbons (Fsp3) is 0.235. The van der Waals surface area contributed by atoms with E-state index >= 15 is 0 Å². The van der Waals surface area contributed by atoms with Crippen LogP contribution in [0.3, 0.4) is 0 Å². The number of sulfonamides is 1. The number of hydrogen-bond donors (Lipinski definition) is 0. The van der Waals surface area contributed by atoms with Crippen LogP contribution in [0.2, 0.25) is 0 Å². The van der Waals surface area contributed by atoms with Crippen LogP contribution in [0.5, 0.6) is 0 Å². The molecule has 0 atom stereocenters. The molecule has 0 fully saturated rings. The van der Waals surface area contributed by atoms with Gasteiger partial charge in [-0.3, -0.25) is 0 Å². The summed E-state index contributed by atoms with van der Waals surface area (Å²) in [5.41, 5.74) is 1.08. The van der Waals surface area contributed by atoms with Gasteiger partial charge in [0.05, 0.1) is 10.5 Å². The van der Waals surface area contributed by atoms with Crippen molar-refractivity contribution in [3.05, 3.63) is 65.7 Å². The predicted octanol–water partition coefficient (Wildman–Crippen LogP) is 3.16. The molecule has 5 heteroatoms. The van der Waals surface area contributed by atoms with Gasteiger partial charge in [0.15, 0.2) is 0 Å². The first kappa shape index (κ1) is 16.2. The molecule has 2 rings (SSSR count). The minimum absolute atomic E-state index is 0.0575. The monoisotopic (exact) mass is 314 g/mol. The van der Waals surface area contributed by atoms with Gasteiger partial charge in [-0.15, -0.1) is 0 Å². The Morgan fingerprint density at radius 3 is 2.23 bits per heavy atom. The molecule has 2 aromatic rings. The topological polar surface area (TPSA) is 61.2 Å². The number of rotatable bonds is 5. The smallest absolute Gasteiger partial charge is 0.207 e. The SMILES string of the molecule is CC(C)N(Cc1ccccc1)S(=O)(=O)c1ccccc1C#N. The van der Waals surface area contributed by atoms with Crippen LogP contribution in [0.25, 0.3) is 0 Å². The molecule has 0 spiro atoms. The predicted molar refractivity (Wildman–Crippen MR) is 85.5 cm³/mol. The molecule has 0 aromatic heterocycles. The number of benzene rings is 2. The Morgan fingerprint density at radius 1 is 1.05 bits per heavy atom. The van der Waals surface area contributed by atoms with Gasteiger partial charge in [0.2, 0.25) is 10.0 Å². The lowest BCUT2D eigenvalue weighted by atomic mass is 10.2. The van der Waals surface area contributed by atoms with E-state index in [1.165, 1.54) is 16.4 Å². The quantitative estimate of drug-likeness (QED) is 0.851. The molecule has 114 valence electrons. The van der Waals surface area contributed by atoms with Gasteiger partial charge in [-0.2, -0.15) is 9.57 Å². The third-order valence-corrected chi connectivity index (χ3v) is 5.43. The maximum Gasteiger partial charge on any atom is 0.244 e. The van der Waals surface area contributed by atoms with Crippen LogP contribution in [0, 0.1) is 11.3 Å². The van der Waals surface area contributed by atoms with Crippen molar-refractivity contribution in [3.8, 4) is 6.07 Å². The van der Waals surface area contributed by atoms with E-state index < -0.39 is 10.0 Å². The van der Waals surface area contributed by atoms with Crippen molar-refractivity contribution in [1.82, 2.24) is 4.31 Å². The molecular formula is C17H18N2O2S. The highest BCUT2D eigenvalue weighted by atomic mass is 32.2. The van der Waals surface area contributed by atoms with Gasteiger partial charge in [0.25, 0.3) is 0 Å². The largest absolute Gasteiger partial charge is 0.244 e. The lowest BCUT2D eigenvalue weighted by Crippen LogP contribution is -2.36. The molecule has 0 aliphatic rings. The van der Waals surface area contributed by atoms with Crippen LogP contribution in [-0.4, -0.2) is 18.8 Å². The van der Waals surface area contributed by atoms with E-state index in [0.717, 1.165) is 5.56 Å². The number of hydrogen-bond acceptors (Lipinski definition) is 3. The molecule has 0 bridgehead atoms. The standard InChI is InChI=1S/C17H18N2O2S/c1-14(2)19(13-15-8-4-3-5-9-15)22(20,21)17-11-7-6-10-16(17)12-18/h3-11,14H,13H2,1-2H3. The normalized spacial score (nSPS) is 11.6. The Labute approximate surface area is 131 Å². The highest BCUT2D eigenvalue weighted by molar-refractivity contribution is 7.89. The molecule has 0 aliphatic carbocycles. The first-order valence-corrected chi connectivity index (χ1v) is 8.45. The molecule has 0 heterocycles. The molecule has 0 radical (unpaired) electrons. The summed E-state index contributed by atoms with van der Waals surface area (Å²) in [7, 11) is -3.73. The number of nitrogens with zero attached hydrogens (tertiary/aromatic N) is 2. The molecule has 0 N–H and O–H groups in total. The summed E-state index contributed by atoms with van der Waals surface area (Å²) >= 11 is 0. The lowest BCUT2D eigenvalue weighted by Gasteiger charge is -2.26. The summed E-state index contributed by atoms with van der Waals surface area (Å²) in [5, 5.41) is 9.16. The average molecular weight is 314 g/mol. The minimum atomic E-state index is -3.73. The van der Waals surface area contributed by atoms with Crippen LogP contribution >= 0.6 is 0 Å². The maximum absolute atomic E-state index is 12.9. The Kier molecular flexibility index (Phi) is 4.96. The van der Waals surface area contributed by atoms with Crippen LogP contribution in [0.15, 0.2) is 59.5 Å². The average Bonchev–Trinajstić information content (AvgIpc) is 2.53. The Morgan fingerprint density at radius 2 is 1.64 bits per heavy atom.